The van der Waals surface area contributed by atoms with Gasteiger partial charge in [-0.2, -0.15) is 0 Å². The van der Waals surface area contributed by atoms with Gasteiger partial charge in [-0.15, -0.1) is 0 Å². The molecular weight excluding hydrogens is 638 g/mol. The lowest BCUT2D eigenvalue weighted by Crippen LogP contribution is -2.67. The topological polar surface area (TPSA) is 107 Å². The summed E-state index contributed by atoms with van der Waals surface area (Å²) in [6, 6.07) is -0.503. The molecule has 6 aliphatic rings. The molecule has 2 heterocycles. The van der Waals surface area contributed by atoms with E-state index in [0.717, 1.165) is 56.3 Å². The van der Waals surface area contributed by atoms with Crippen molar-refractivity contribution in [3.63, 3.8) is 0 Å². The molecule has 1 aliphatic heterocycles. The molecule has 5 saturated carbocycles. The van der Waals surface area contributed by atoms with E-state index in [1.165, 1.54) is 24.8 Å². The number of nitrogens with one attached hydrogen (secondary N) is 1. The van der Waals surface area contributed by atoms with Gasteiger partial charge in [0.2, 0.25) is 5.91 Å². The van der Waals surface area contributed by atoms with Crippen LogP contribution in [0.5, 0.6) is 0 Å². The summed E-state index contributed by atoms with van der Waals surface area (Å²) in [7, 11) is 0. The molecule has 1 aromatic heterocycles. The van der Waals surface area contributed by atoms with Crippen LogP contribution in [-0.4, -0.2) is 46.6 Å². The second-order valence-electron chi connectivity index (χ2n) is 19.4. The number of hydrogen-bond donors (Lipinski definition) is 1. The molecule has 7 rings (SSSR count). The maximum Gasteiger partial charge on any atom is 0.358 e. The molecule has 8 nitrogen and oxygen atoms in total. The first-order valence-corrected chi connectivity index (χ1v) is 20.0. The molecule has 1 saturated heterocycles. The van der Waals surface area contributed by atoms with Crippen LogP contribution in [0.25, 0.3) is 0 Å². The van der Waals surface area contributed by atoms with Crippen molar-refractivity contribution in [3.05, 3.63) is 34.9 Å². The number of ether oxygens (including phenoxy) is 2. The van der Waals surface area contributed by atoms with Crippen molar-refractivity contribution >= 4 is 17.8 Å². The smallest absolute Gasteiger partial charge is 0.358 e. The maximum atomic E-state index is 13.6. The zero-order valence-corrected chi connectivity index (χ0v) is 32.9. The van der Waals surface area contributed by atoms with Crippen molar-refractivity contribution < 1.29 is 23.9 Å². The Morgan fingerprint density at radius 3 is 2.24 bits per heavy atom. The minimum Gasteiger partial charge on any atom is -0.460 e. The number of esters is 2. The van der Waals surface area contributed by atoms with E-state index in [-0.39, 0.29) is 51.0 Å². The van der Waals surface area contributed by atoms with E-state index < -0.39 is 6.04 Å². The third-order valence-electron chi connectivity index (χ3n) is 16.9. The van der Waals surface area contributed by atoms with E-state index in [1.807, 2.05) is 20.8 Å². The van der Waals surface area contributed by atoms with Crippen LogP contribution in [-0.2, 0) is 19.1 Å². The number of allylic oxidation sites excluding steroid dienone is 1. The van der Waals surface area contributed by atoms with Crippen molar-refractivity contribution in [2.24, 2.45) is 56.7 Å². The number of carbonyl (C=O) groups excluding carboxylic acids is 3. The number of aromatic nitrogens is 2. The van der Waals surface area contributed by atoms with Gasteiger partial charge in [-0.05, 0) is 144 Å². The van der Waals surface area contributed by atoms with Gasteiger partial charge in [0.15, 0.2) is 5.69 Å². The molecule has 0 unspecified atom stereocenters. The van der Waals surface area contributed by atoms with Crippen LogP contribution in [0.4, 0.5) is 0 Å². The Balaban J connectivity index is 1.13. The van der Waals surface area contributed by atoms with E-state index in [4.69, 9.17) is 9.47 Å². The van der Waals surface area contributed by atoms with E-state index in [0.29, 0.717) is 60.4 Å². The molecule has 51 heavy (non-hydrogen) atoms. The molecule has 1 amide bonds. The van der Waals surface area contributed by atoms with Gasteiger partial charge in [0.1, 0.15) is 12.1 Å². The van der Waals surface area contributed by atoms with E-state index in [9.17, 15) is 14.4 Å². The minimum absolute atomic E-state index is 0.0441. The summed E-state index contributed by atoms with van der Waals surface area (Å²) in [5.74, 6) is 1.83. The molecule has 1 N–H and O–H groups in total. The Labute approximate surface area is 306 Å². The zero-order chi connectivity index (χ0) is 36.9. The first-order valence-electron chi connectivity index (χ1n) is 20.0. The lowest BCUT2D eigenvalue weighted by Gasteiger charge is -2.73. The monoisotopic (exact) mass is 701 g/mol. The van der Waals surface area contributed by atoms with Gasteiger partial charge < -0.3 is 14.8 Å². The van der Waals surface area contributed by atoms with Crippen LogP contribution >= 0.6 is 0 Å². The Bertz CT molecular complexity index is 1640. The van der Waals surface area contributed by atoms with Crippen molar-refractivity contribution in [2.75, 3.05) is 6.61 Å². The van der Waals surface area contributed by atoms with Gasteiger partial charge in [-0.25, -0.2) is 14.6 Å². The molecule has 1 aromatic rings. The minimum atomic E-state index is -0.503. The van der Waals surface area contributed by atoms with Crippen LogP contribution in [0.15, 0.2) is 12.2 Å². The fourth-order valence-electron chi connectivity index (χ4n) is 13.9. The number of amides is 1. The number of nitrogens with zero attached hydrogens (tertiary/aromatic N) is 2. The first kappa shape index (κ1) is 36.6. The summed E-state index contributed by atoms with van der Waals surface area (Å²) in [6.07, 6.45) is 11.9. The maximum absolute atomic E-state index is 13.6. The molecule has 0 bridgehead atoms. The highest BCUT2D eigenvalue weighted by Gasteiger charge is 2.71. The molecule has 11 atom stereocenters. The Hall–Kier alpha value is -2.77. The summed E-state index contributed by atoms with van der Waals surface area (Å²) >= 11 is 0. The van der Waals surface area contributed by atoms with Gasteiger partial charge in [-0.3, -0.25) is 9.78 Å². The Morgan fingerprint density at radius 1 is 0.824 bits per heavy atom. The standard InChI is InChI=1S/C43H63N3O5/c1-24(2)28-15-20-43(23-50-38(49)36-27(5)44-25(3)26(4)45-36)22-21-41(9)29(35(28)43)11-13-32-40(8)18-17-33(51-37(48)30-12-14-34(47)46-30)39(6,7)31(40)16-19-42(32,41)10/h28-33,35H,1,11-23H2,2-10H3,(H,46,47)/t28-,29+,30-,31-,32+,33-,35+,40-,41+,42+,43+/m0/s1. The number of carbonyl (C=O) groups is 3. The predicted molar refractivity (Wildman–Crippen MR) is 197 cm³/mol. The lowest BCUT2D eigenvalue weighted by molar-refractivity contribution is -0.251. The molecule has 0 radical (unpaired) electrons. The average molecular weight is 702 g/mol. The predicted octanol–water partition coefficient (Wildman–Crippen LogP) is 8.41. The lowest BCUT2D eigenvalue weighted by atomic mass is 9.32. The largest absolute Gasteiger partial charge is 0.460 e. The van der Waals surface area contributed by atoms with Crippen molar-refractivity contribution in [2.45, 2.75) is 152 Å². The molecular formula is C43H63N3O5. The van der Waals surface area contributed by atoms with Crippen LogP contribution in [0.1, 0.15) is 146 Å². The molecule has 0 spiro atoms. The highest BCUT2D eigenvalue weighted by atomic mass is 16.5. The third kappa shape index (κ3) is 5.44. The van der Waals surface area contributed by atoms with Crippen LogP contribution < -0.4 is 5.32 Å². The highest BCUT2D eigenvalue weighted by molar-refractivity contribution is 5.88. The van der Waals surface area contributed by atoms with Gasteiger partial charge in [-0.1, -0.05) is 46.8 Å². The average Bonchev–Trinajstić information content (AvgIpc) is 3.68. The number of hydrogen-bond acceptors (Lipinski definition) is 7. The SMILES string of the molecule is C=C(C)[C@@H]1CC[C@]2(COC(=O)c3nc(C)c(C)nc3C)CC[C@]3(C)[C@H](CC[C@@H]4[C@@]5(C)CC[C@H](OC(=O)[C@@H]6CCC(=O)N6)C(C)(C)[C@@H]5CC[C@]43C)[C@@H]12. The van der Waals surface area contributed by atoms with Gasteiger partial charge >= 0.3 is 11.9 Å². The number of aryl methyl sites for hydroxylation is 3. The molecule has 5 aliphatic carbocycles. The molecule has 0 aromatic carbocycles. The quantitative estimate of drug-likeness (QED) is 0.234. The number of rotatable bonds is 6. The Morgan fingerprint density at radius 2 is 1.55 bits per heavy atom. The van der Waals surface area contributed by atoms with E-state index in [2.05, 4.69) is 63.4 Å². The summed E-state index contributed by atoms with van der Waals surface area (Å²) in [4.78, 5) is 47.7. The van der Waals surface area contributed by atoms with E-state index >= 15 is 0 Å². The van der Waals surface area contributed by atoms with Gasteiger partial charge in [0, 0.05) is 17.3 Å². The van der Waals surface area contributed by atoms with Crippen molar-refractivity contribution in [3.8, 4) is 0 Å². The van der Waals surface area contributed by atoms with Gasteiger partial charge in [0.25, 0.3) is 0 Å². The van der Waals surface area contributed by atoms with Crippen molar-refractivity contribution in [1.82, 2.24) is 15.3 Å². The second kappa shape index (κ2) is 12.4. The third-order valence-corrected chi connectivity index (χ3v) is 16.9. The Kier molecular flexibility index (Phi) is 8.89. The summed E-state index contributed by atoms with van der Waals surface area (Å²) < 4.78 is 12.6. The molecule has 6 fully saturated rings. The van der Waals surface area contributed by atoms with E-state index in [1.54, 1.807) is 0 Å². The highest BCUT2D eigenvalue weighted by Crippen LogP contribution is 2.77. The zero-order valence-electron chi connectivity index (χ0n) is 32.9. The van der Waals surface area contributed by atoms with Crippen molar-refractivity contribution in [1.29, 1.82) is 0 Å². The molecule has 8 heteroatoms. The summed E-state index contributed by atoms with van der Waals surface area (Å²) in [5, 5.41) is 2.81. The fraction of sp³-hybridized carbons (Fsp3) is 0.791. The fourth-order valence-corrected chi connectivity index (χ4v) is 13.9. The summed E-state index contributed by atoms with van der Waals surface area (Å²) in [6.45, 7) is 25.4. The first-order chi connectivity index (χ1) is 23.9. The number of fused-ring (bicyclic) bond motifs is 7. The molecule has 280 valence electrons. The van der Waals surface area contributed by atoms with Crippen LogP contribution in [0, 0.1) is 77.4 Å². The van der Waals surface area contributed by atoms with Crippen LogP contribution in [0.3, 0.4) is 0 Å². The normalized spacial score (nSPS) is 42.5. The van der Waals surface area contributed by atoms with Gasteiger partial charge in [0.05, 0.1) is 23.7 Å². The second-order valence-corrected chi connectivity index (χ2v) is 19.4. The summed E-state index contributed by atoms with van der Waals surface area (Å²) in [5.41, 5.74) is 4.20. The van der Waals surface area contributed by atoms with Crippen LogP contribution in [0.2, 0.25) is 0 Å².